The summed E-state index contributed by atoms with van der Waals surface area (Å²) in [4.78, 5) is 4.76. The van der Waals surface area contributed by atoms with Crippen LogP contribution in [-0.4, -0.2) is 8.07 Å². The summed E-state index contributed by atoms with van der Waals surface area (Å²) in [6.07, 6.45) is 0. The van der Waals surface area contributed by atoms with Gasteiger partial charge in [0.2, 0.25) is 0 Å². The molecule has 1 aliphatic heterocycles. The summed E-state index contributed by atoms with van der Waals surface area (Å²) in [5.41, 5.74) is 14.9. The summed E-state index contributed by atoms with van der Waals surface area (Å²) in [6, 6.07) is 89.9. The predicted octanol–water partition coefficient (Wildman–Crippen LogP) is 19.6. The first kappa shape index (κ1) is 43.6. The van der Waals surface area contributed by atoms with E-state index >= 15 is 0 Å². The Bertz CT molecular complexity index is 4310. The van der Waals surface area contributed by atoms with Crippen LogP contribution in [0.3, 0.4) is 0 Å². The van der Waals surface area contributed by atoms with Crippen LogP contribution in [0.25, 0.3) is 87.6 Å². The number of ether oxygens (including phenoxy) is 1. The molecule has 0 spiro atoms. The molecule has 352 valence electrons. The number of hydrogen-bond acceptors (Lipinski definition) is 4. The van der Waals surface area contributed by atoms with Crippen molar-refractivity contribution in [3.63, 3.8) is 0 Å². The zero-order valence-electron chi connectivity index (χ0n) is 41.4. The van der Waals surface area contributed by atoms with E-state index in [9.17, 15) is 0 Å². The van der Waals surface area contributed by atoms with Gasteiger partial charge in [0.15, 0.2) is 5.58 Å². The van der Waals surface area contributed by atoms with Gasteiger partial charge in [-0.2, -0.15) is 0 Å². The van der Waals surface area contributed by atoms with Crippen molar-refractivity contribution in [3.8, 4) is 44.9 Å². The smallest absolute Gasteiger partial charge is 0.159 e. The summed E-state index contributed by atoms with van der Waals surface area (Å²) in [5.74, 6) is 1.71. The first-order valence-electron chi connectivity index (χ1n) is 25.5. The maximum atomic E-state index is 6.98. The number of nitrogens with zero attached hydrogens (tertiary/aromatic N) is 2. The molecule has 0 radical (unpaired) electrons. The number of anilines is 6. The van der Waals surface area contributed by atoms with Crippen molar-refractivity contribution >= 4 is 102 Å². The summed E-state index contributed by atoms with van der Waals surface area (Å²) in [6.45, 7) is 7.22. The fourth-order valence-corrected chi connectivity index (χ4v) is 12.5. The van der Waals surface area contributed by atoms with Gasteiger partial charge >= 0.3 is 0 Å². The Morgan fingerprint density at radius 1 is 0.324 bits per heavy atom. The predicted molar refractivity (Wildman–Crippen MR) is 315 cm³/mol. The largest absolute Gasteiger partial charge is 0.456 e. The summed E-state index contributed by atoms with van der Waals surface area (Å²) in [5, 5.41) is 10.8. The van der Waals surface area contributed by atoms with Crippen LogP contribution in [0.1, 0.15) is 0 Å². The lowest BCUT2D eigenvalue weighted by Crippen LogP contribution is -2.37. The summed E-state index contributed by atoms with van der Waals surface area (Å²) >= 11 is 0. The number of furan rings is 1. The Labute approximate surface area is 431 Å². The van der Waals surface area contributed by atoms with Crippen LogP contribution < -0.4 is 19.7 Å². The second kappa shape index (κ2) is 17.3. The Morgan fingerprint density at radius 2 is 0.919 bits per heavy atom. The van der Waals surface area contributed by atoms with E-state index < -0.39 is 8.07 Å². The molecule has 0 N–H and O–H groups in total. The van der Waals surface area contributed by atoms with E-state index in [1.54, 1.807) is 0 Å². The van der Waals surface area contributed by atoms with Crippen molar-refractivity contribution in [2.24, 2.45) is 0 Å². The normalized spacial score (nSPS) is 12.1. The lowest BCUT2D eigenvalue weighted by atomic mass is 9.87. The topological polar surface area (TPSA) is 28.9 Å². The Kier molecular flexibility index (Phi) is 10.2. The van der Waals surface area contributed by atoms with Crippen LogP contribution >= 0.6 is 0 Å². The van der Waals surface area contributed by atoms with Gasteiger partial charge in [-0.1, -0.05) is 189 Å². The number of hydrogen-bond donors (Lipinski definition) is 0. The van der Waals surface area contributed by atoms with Crippen molar-refractivity contribution < 1.29 is 9.15 Å². The third-order valence-electron chi connectivity index (χ3n) is 15.0. The van der Waals surface area contributed by atoms with E-state index in [-0.39, 0.29) is 0 Å². The van der Waals surface area contributed by atoms with E-state index in [0.29, 0.717) is 0 Å². The third-order valence-corrected chi connectivity index (χ3v) is 17.1. The molecule has 12 aromatic carbocycles. The highest BCUT2D eigenvalue weighted by Gasteiger charge is 2.27. The molecule has 1 aromatic heterocycles. The van der Waals surface area contributed by atoms with Gasteiger partial charge in [-0.15, -0.1) is 0 Å². The monoisotopic (exact) mass is 966 g/mol. The lowest BCUT2D eigenvalue weighted by Gasteiger charge is -2.29. The molecule has 0 fully saturated rings. The number of para-hydroxylation sites is 4. The molecule has 0 saturated carbocycles. The van der Waals surface area contributed by atoms with Crippen molar-refractivity contribution in [1.29, 1.82) is 0 Å². The highest BCUT2D eigenvalue weighted by atomic mass is 28.3. The maximum Gasteiger partial charge on any atom is 0.159 e. The fraction of sp³-hybridized carbons (Fsp3) is 0.0435. The van der Waals surface area contributed by atoms with Crippen molar-refractivity contribution in [3.05, 3.63) is 249 Å². The molecule has 0 aliphatic carbocycles. The number of benzene rings is 12. The van der Waals surface area contributed by atoms with Crippen LogP contribution in [0.2, 0.25) is 19.6 Å². The molecule has 0 saturated heterocycles. The Balaban J connectivity index is 0.880. The molecule has 74 heavy (non-hydrogen) atoms. The van der Waals surface area contributed by atoms with Crippen molar-refractivity contribution in [2.75, 3.05) is 9.80 Å². The second-order valence-corrected chi connectivity index (χ2v) is 25.5. The van der Waals surface area contributed by atoms with E-state index in [1.807, 2.05) is 12.1 Å². The molecule has 0 unspecified atom stereocenters. The molecule has 1 aliphatic rings. The third kappa shape index (κ3) is 7.19. The van der Waals surface area contributed by atoms with Gasteiger partial charge in [-0.25, -0.2) is 0 Å². The van der Waals surface area contributed by atoms with E-state index in [2.05, 4.69) is 266 Å². The molecule has 0 amide bonds. The summed E-state index contributed by atoms with van der Waals surface area (Å²) < 4.78 is 13.7. The van der Waals surface area contributed by atoms with Crippen LogP contribution in [0.5, 0.6) is 11.5 Å². The standard InChI is InChI=1S/C69H50N2O2Si/c1-74(2,3)51-39-37-49(38-40-51)70(48-20-8-5-9-21-48)64-44-60-57-26-17-31-66-68(57)61(43-59(60)53-23-10-11-24-54(53)64)56-41-34-47(42-67(56)72-66)45-32-35-50(36-33-45)71(62-28-14-12-22-52(62)46-18-6-4-7-19-46)63-29-16-27-58-55-25-13-15-30-65(55)73-69(58)63/h4-44H,1-3H3. The van der Waals surface area contributed by atoms with Crippen LogP contribution in [-0.2, 0) is 0 Å². The molecular weight excluding hydrogens is 917 g/mol. The minimum atomic E-state index is -1.50. The fourth-order valence-electron chi connectivity index (χ4n) is 11.4. The molecule has 0 bridgehead atoms. The van der Waals surface area contributed by atoms with Gasteiger partial charge in [-0.3, -0.25) is 0 Å². The van der Waals surface area contributed by atoms with Gasteiger partial charge < -0.3 is 19.0 Å². The van der Waals surface area contributed by atoms with E-state index in [0.717, 1.165) is 101 Å². The van der Waals surface area contributed by atoms with Crippen LogP contribution in [0, 0.1) is 0 Å². The van der Waals surface area contributed by atoms with Gasteiger partial charge in [0.05, 0.1) is 25.1 Å². The molecule has 14 rings (SSSR count). The van der Waals surface area contributed by atoms with Crippen LogP contribution in [0.4, 0.5) is 34.1 Å². The Hall–Kier alpha value is -9.16. The quantitative estimate of drug-likeness (QED) is 0.106. The number of rotatable bonds is 9. The zero-order chi connectivity index (χ0) is 49.5. The minimum absolute atomic E-state index is 0.846. The van der Waals surface area contributed by atoms with Crippen molar-refractivity contribution in [1.82, 2.24) is 0 Å². The van der Waals surface area contributed by atoms with E-state index in [1.165, 1.54) is 37.7 Å². The first-order valence-corrected chi connectivity index (χ1v) is 29.0. The first-order chi connectivity index (χ1) is 36.3. The average molecular weight is 967 g/mol. The van der Waals surface area contributed by atoms with Gasteiger partial charge in [0, 0.05) is 49.7 Å². The molecule has 13 aromatic rings. The zero-order valence-corrected chi connectivity index (χ0v) is 42.4. The lowest BCUT2D eigenvalue weighted by molar-refractivity contribution is 0.487. The summed E-state index contributed by atoms with van der Waals surface area (Å²) in [7, 11) is -1.50. The van der Waals surface area contributed by atoms with Gasteiger partial charge in [0.1, 0.15) is 17.1 Å². The highest BCUT2D eigenvalue weighted by Crippen LogP contribution is 2.53. The van der Waals surface area contributed by atoms with Gasteiger partial charge in [0.25, 0.3) is 0 Å². The molecule has 5 heteroatoms. The molecular formula is C69H50N2O2Si. The SMILES string of the molecule is C[Si](C)(C)c1ccc(N(c2ccccc2)c2cc3c4cccc5c4c(cc3c3ccccc23)-c2ccc(-c3ccc(N(c4ccccc4-c4ccccc4)c4cccc6c4oc4ccccc46)cc3)cc2O5)cc1. The molecule has 4 nitrogen and oxygen atoms in total. The van der Waals surface area contributed by atoms with Crippen molar-refractivity contribution in [2.45, 2.75) is 19.6 Å². The maximum absolute atomic E-state index is 6.98. The second-order valence-electron chi connectivity index (χ2n) is 20.4. The minimum Gasteiger partial charge on any atom is -0.456 e. The van der Waals surface area contributed by atoms with Crippen LogP contribution in [0.15, 0.2) is 253 Å². The molecule has 0 atom stereocenters. The average Bonchev–Trinajstić information content (AvgIpc) is 3.86. The highest BCUT2D eigenvalue weighted by molar-refractivity contribution is 6.88. The van der Waals surface area contributed by atoms with E-state index in [4.69, 9.17) is 9.15 Å². The number of fused-ring (bicyclic) bond motifs is 9. The Morgan fingerprint density at radius 3 is 1.72 bits per heavy atom. The van der Waals surface area contributed by atoms with Gasteiger partial charge in [-0.05, 0) is 129 Å². The molecule has 2 heterocycles.